The lowest BCUT2D eigenvalue weighted by molar-refractivity contribution is 0.253. The monoisotopic (exact) mass is 220 g/mol. The minimum atomic E-state index is 0.0330. The quantitative estimate of drug-likeness (QED) is 0.603. The molecule has 0 saturated heterocycles. The van der Waals surface area contributed by atoms with Crippen molar-refractivity contribution in [1.82, 2.24) is 4.90 Å². The first-order valence-corrected chi connectivity index (χ1v) is 5.79. The van der Waals surface area contributed by atoms with Crippen LogP contribution in [-0.4, -0.2) is 16.2 Å². The Hall–Kier alpha value is -1.05. The van der Waals surface area contributed by atoms with Gasteiger partial charge in [-0.25, -0.2) is 4.99 Å². The van der Waals surface area contributed by atoms with Gasteiger partial charge < -0.3 is 4.90 Å². The smallest absolute Gasteiger partial charge is 0.126 e. The first-order chi connectivity index (χ1) is 7.03. The van der Waals surface area contributed by atoms with Crippen LogP contribution in [0.5, 0.6) is 0 Å². The maximum Gasteiger partial charge on any atom is 0.126 e. The van der Waals surface area contributed by atoms with E-state index in [1.165, 1.54) is 5.57 Å². The standard InChI is InChI=1S/C14H24N2/c1-10-9-16(14(6,7)8)11(2)15-12(10)13(3,4)5/h9H,2H2,1,3-8H3. The molecule has 0 bridgehead atoms. The summed E-state index contributed by atoms with van der Waals surface area (Å²) >= 11 is 0. The zero-order chi connectivity index (χ0) is 12.7. The predicted octanol–water partition coefficient (Wildman–Crippen LogP) is 3.96. The van der Waals surface area contributed by atoms with E-state index >= 15 is 0 Å². The Morgan fingerprint density at radius 1 is 1.12 bits per heavy atom. The van der Waals surface area contributed by atoms with Crippen molar-refractivity contribution in [2.45, 2.75) is 54.0 Å². The van der Waals surface area contributed by atoms with Crippen LogP contribution < -0.4 is 0 Å². The molecule has 0 aliphatic carbocycles. The molecule has 2 heteroatoms. The van der Waals surface area contributed by atoms with Crippen LogP contribution in [0.3, 0.4) is 0 Å². The number of nitrogens with zero attached hydrogens (tertiary/aromatic N) is 2. The fraction of sp³-hybridized carbons (Fsp3) is 0.643. The summed E-state index contributed by atoms with van der Waals surface area (Å²) in [5, 5.41) is 0. The van der Waals surface area contributed by atoms with Crippen LogP contribution in [0, 0.1) is 5.41 Å². The van der Waals surface area contributed by atoms with Crippen LogP contribution in [0.2, 0.25) is 0 Å². The summed E-state index contributed by atoms with van der Waals surface area (Å²) in [6.45, 7) is 19.2. The maximum atomic E-state index is 4.66. The van der Waals surface area contributed by atoms with Crippen LogP contribution >= 0.6 is 0 Å². The lowest BCUT2D eigenvalue weighted by atomic mass is 9.85. The zero-order valence-electron chi connectivity index (χ0n) is 11.7. The van der Waals surface area contributed by atoms with E-state index in [1.807, 2.05) is 0 Å². The van der Waals surface area contributed by atoms with Gasteiger partial charge in [-0.1, -0.05) is 27.4 Å². The van der Waals surface area contributed by atoms with Crippen molar-refractivity contribution in [3.63, 3.8) is 0 Å². The van der Waals surface area contributed by atoms with Gasteiger partial charge >= 0.3 is 0 Å². The van der Waals surface area contributed by atoms with Crippen LogP contribution in [0.15, 0.2) is 29.2 Å². The van der Waals surface area contributed by atoms with Gasteiger partial charge in [0.1, 0.15) is 5.82 Å². The lowest BCUT2D eigenvalue weighted by Gasteiger charge is -2.39. The first-order valence-electron chi connectivity index (χ1n) is 5.79. The molecule has 90 valence electrons. The largest absolute Gasteiger partial charge is 0.328 e. The van der Waals surface area contributed by atoms with Crippen LogP contribution in [-0.2, 0) is 0 Å². The average Bonchev–Trinajstić information content (AvgIpc) is 2.04. The van der Waals surface area contributed by atoms with E-state index in [9.17, 15) is 0 Å². The number of aliphatic imine (C=N–C) groups is 1. The van der Waals surface area contributed by atoms with Crippen LogP contribution in [0.4, 0.5) is 0 Å². The highest BCUT2D eigenvalue weighted by Crippen LogP contribution is 2.31. The first kappa shape index (κ1) is 13.0. The summed E-state index contributed by atoms with van der Waals surface area (Å²) in [7, 11) is 0. The molecule has 0 spiro atoms. The molecule has 0 aromatic rings. The molecule has 0 aromatic carbocycles. The van der Waals surface area contributed by atoms with Gasteiger partial charge in [-0.05, 0) is 33.3 Å². The molecule has 0 aromatic heterocycles. The van der Waals surface area contributed by atoms with E-state index < -0.39 is 0 Å². The van der Waals surface area contributed by atoms with Crippen molar-refractivity contribution in [3.05, 3.63) is 24.2 Å². The van der Waals surface area contributed by atoms with E-state index in [0.717, 1.165) is 11.5 Å². The molecule has 0 saturated carbocycles. The summed E-state index contributed by atoms with van der Waals surface area (Å²) in [4.78, 5) is 6.80. The average molecular weight is 220 g/mol. The Kier molecular flexibility index (Phi) is 3.06. The third-order valence-electron chi connectivity index (χ3n) is 2.65. The Morgan fingerprint density at radius 2 is 1.62 bits per heavy atom. The molecule has 1 aliphatic heterocycles. The van der Waals surface area contributed by atoms with Crippen molar-refractivity contribution >= 4 is 5.71 Å². The molecule has 16 heavy (non-hydrogen) atoms. The molecule has 0 amide bonds. The summed E-state index contributed by atoms with van der Waals surface area (Å²) in [6.07, 6.45) is 2.16. The number of rotatable bonds is 0. The third kappa shape index (κ3) is 2.55. The van der Waals surface area contributed by atoms with Crippen molar-refractivity contribution < 1.29 is 0 Å². The highest BCUT2D eigenvalue weighted by molar-refractivity contribution is 6.04. The molecule has 1 rings (SSSR count). The van der Waals surface area contributed by atoms with Gasteiger partial charge in [0.15, 0.2) is 0 Å². The number of allylic oxidation sites excluding steroid dienone is 1. The summed E-state index contributed by atoms with van der Waals surface area (Å²) in [6, 6.07) is 0. The summed E-state index contributed by atoms with van der Waals surface area (Å²) in [5.74, 6) is 0.836. The van der Waals surface area contributed by atoms with Gasteiger partial charge in [0, 0.05) is 17.2 Å². The highest BCUT2D eigenvalue weighted by atomic mass is 15.3. The topological polar surface area (TPSA) is 15.6 Å². The normalized spacial score (nSPS) is 18.4. The second-order valence-corrected chi connectivity index (χ2v) is 6.48. The Labute approximate surface area is 99.8 Å². The molecule has 2 nitrogen and oxygen atoms in total. The fourth-order valence-corrected chi connectivity index (χ4v) is 1.94. The molecule has 1 aliphatic rings. The van der Waals surface area contributed by atoms with Crippen molar-refractivity contribution in [2.75, 3.05) is 0 Å². The predicted molar refractivity (Wildman–Crippen MR) is 71.4 cm³/mol. The van der Waals surface area contributed by atoms with E-state index in [-0.39, 0.29) is 11.0 Å². The van der Waals surface area contributed by atoms with Crippen molar-refractivity contribution in [1.29, 1.82) is 0 Å². The van der Waals surface area contributed by atoms with Gasteiger partial charge in [0.25, 0.3) is 0 Å². The fourth-order valence-electron chi connectivity index (χ4n) is 1.94. The minimum Gasteiger partial charge on any atom is -0.328 e. The molecule has 0 radical (unpaired) electrons. The van der Waals surface area contributed by atoms with Gasteiger partial charge in [-0.15, -0.1) is 0 Å². The molecular weight excluding hydrogens is 196 g/mol. The second kappa shape index (κ2) is 3.76. The maximum absolute atomic E-state index is 4.66. The Balaban J connectivity index is 3.12. The van der Waals surface area contributed by atoms with Gasteiger partial charge in [-0.3, -0.25) is 0 Å². The summed E-state index contributed by atoms with van der Waals surface area (Å²) in [5.41, 5.74) is 2.48. The van der Waals surface area contributed by atoms with Gasteiger partial charge in [-0.2, -0.15) is 0 Å². The highest BCUT2D eigenvalue weighted by Gasteiger charge is 2.29. The minimum absolute atomic E-state index is 0.0330. The van der Waals surface area contributed by atoms with Crippen molar-refractivity contribution in [3.8, 4) is 0 Å². The summed E-state index contributed by atoms with van der Waals surface area (Å²) < 4.78 is 0. The van der Waals surface area contributed by atoms with E-state index in [1.54, 1.807) is 0 Å². The van der Waals surface area contributed by atoms with E-state index in [4.69, 9.17) is 0 Å². The SMILES string of the molecule is C=C1N=C(C(C)(C)C)C(C)=CN1C(C)(C)C. The zero-order valence-corrected chi connectivity index (χ0v) is 11.7. The molecule has 0 N–H and O–H groups in total. The Morgan fingerprint density at radius 3 is 2.00 bits per heavy atom. The van der Waals surface area contributed by atoms with Crippen molar-refractivity contribution in [2.24, 2.45) is 10.4 Å². The van der Waals surface area contributed by atoms with Gasteiger partial charge in [0.05, 0.1) is 5.71 Å². The number of hydrogen-bond acceptors (Lipinski definition) is 2. The van der Waals surface area contributed by atoms with E-state index in [0.29, 0.717) is 0 Å². The third-order valence-corrected chi connectivity index (χ3v) is 2.65. The van der Waals surface area contributed by atoms with E-state index in [2.05, 4.69) is 71.1 Å². The molecular formula is C14H24N2. The Bertz CT molecular complexity index is 359. The molecule has 0 fully saturated rings. The molecule has 1 heterocycles. The van der Waals surface area contributed by atoms with Gasteiger partial charge in [0.2, 0.25) is 0 Å². The lowest BCUT2D eigenvalue weighted by Crippen LogP contribution is -2.39. The second-order valence-electron chi connectivity index (χ2n) is 6.48. The number of hydrogen-bond donors (Lipinski definition) is 0. The van der Waals surface area contributed by atoms with Crippen LogP contribution in [0.25, 0.3) is 0 Å². The van der Waals surface area contributed by atoms with Crippen LogP contribution in [0.1, 0.15) is 48.5 Å². The molecule has 0 unspecified atom stereocenters. The molecule has 0 atom stereocenters.